The number of aryl methyl sites for hydroxylation is 3. The van der Waals surface area contributed by atoms with Crippen LogP contribution in [0.3, 0.4) is 0 Å². The molecule has 0 saturated carbocycles. The third-order valence-corrected chi connectivity index (χ3v) is 3.89. The zero-order valence-corrected chi connectivity index (χ0v) is 12.1. The van der Waals surface area contributed by atoms with E-state index in [4.69, 9.17) is 10.7 Å². The van der Waals surface area contributed by atoms with Gasteiger partial charge in [-0.15, -0.1) is 0 Å². The molecule has 0 atom stereocenters. The van der Waals surface area contributed by atoms with Crippen LogP contribution in [0, 0.1) is 13.8 Å². The highest BCUT2D eigenvalue weighted by molar-refractivity contribution is 5.82. The fourth-order valence-electron chi connectivity index (χ4n) is 2.75. The van der Waals surface area contributed by atoms with Gasteiger partial charge in [-0.05, 0) is 42.7 Å². The Morgan fingerprint density at radius 2 is 1.80 bits per heavy atom. The highest BCUT2D eigenvalue weighted by atomic mass is 15.1. The maximum Gasteiger partial charge on any atom is 0.141 e. The van der Waals surface area contributed by atoms with Crippen LogP contribution in [0.2, 0.25) is 0 Å². The molecule has 1 aromatic heterocycles. The van der Waals surface area contributed by atoms with E-state index in [9.17, 15) is 0 Å². The number of nitrogens with zero attached hydrogens (tertiary/aromatic N) is 2. The van der Waals surface area contributed by atoms with E-state index >= 15 is 0 Å². The van der Waals surface area contributed by atoms with Gasteiger partial charge in [-0.2, -0.15) is 0 Å². The van der Waals surface area contributed by atoms with Gasteiger partial charge in [0.15, 0.2) is 0 Å². The van der Waals surface area contributed by atoms with Gasteiger partial charge in [-0.1, -0.05) is 24.3 Å². The van der Waals surface area contributed by atoms with Crippen LogP contribution in [-0.2, 0) is 13.6 Å². The van der Waals surface area contributed by atoms with E-state index in [-0.39, 0.29) is 0 Å². The van der Waals surface area contributed by atoms with Crippen molar-refractivity contribution in [2.45, 2.75) is 20.4 Å². The molecule has 0 bridgehead atoms. The van der Waals surface area contributed by atoms with Crippen molar-refractivity contribution in [2.75, 3.05) is 0 Å². The molecule has 3 heteroatoms. The fraction of sp³-hybridized carbons (Fsp3) is 0.235. The number of fused-ring (bicyclic) bond motifs is 1. The van der Waals surface area contributed by atoms with Gasteiger partial charge in [-0.25, -0.2) is 4.98 Å². The summed E-state index contributed by atoms with van der Waals surface area (Å²) in [5.41, 5.74) is 12.7. The predicted molar refractivity (Wildman–Crippen MR) is 83.5 cm³/mol. The summed E-state index contributed by atoms with van der Waals surface area (Å²) in [6, 6.07) is 12.6. The lowest BCUT2D eigenvalue weighted by molar-refractivity contribution is 0.952. The highest BCUT2D eigenvalue weighted by Crippen LogP contribution is 2.29. The first-order valence-electron chi connectivity index (χ1n) is 6.84. The molecule has 0 aliphatic rings. The van der Waals surface area contributed by atoms with Gasteiger partial charge in [-0.3, -0.25) is 0 Å². The number of hydrogen-bond donors (Lipinski definition) is 1. The molecule has 0 saturated heterocycles. The molecule has 2 aromatic carbocycles. The van der Waals surface area contributed by atoms with Crippen molar-refractivity contribution in [3.05, 3.63) is 53.1 Å². The third-order valence-electron chi connectivity index (χ3n) is 3.89. The Morgan fingerprint density at radius 3 is 2.45 bits per heavy atom. The Labute approximate surface area is 119 Å². The van der Waals surface area contributed by atoms with Gasteiger partial charge in [0.25, 0.3) is 0 Å². The molecule has 0 aliphatic carbocycles. The van der Waals surface area contributed by atoms with E-state index < -0.39 is 0 Å². The largest absolute Gasteiger partial charge is 0.327 e. The summed E-state index contributed by atoms with van der Waals surface area (Å²) in [4.78, 5) is 4.80. The van der Waals surface area contributed by atoms with Gasteiger partial charge >= 0.3 is 0 Å². The zero-order chi connectivity index (χ0) is 14.3. The first kappa shape index (κ1) is 12.9. The van der Waals surface area contributed by atoms with Gasteiger partial charge in [0.2, 0.25) is 0 Å². The Morgan fingerprint density at radius 1 is 1.10 bits per heavy atom. The van der Waals surface area contributed by atoms with E-state index in [1.807, 2.05) is 6.07 Å². The molecule has 20 heavy (non-hydrogen) atoms. The topological polar surface area (TPSA) is 43.8 Å². The summed E-state index contributed by atoms with van der Waals surface area (Å²) < 4.78 is 2.16. The maximum absolute atomic E-state index is 5.73. The minimum absolute atomic E-state index is 0.555. The summed E-state index contributed by atoms with van der Waals surface area (Å²) in [5.74, 6) is 1.02. The van der Waals surface area contributed by atoms with Crippen molar-refractivity contribution < 1.29 is 0 Å². The van der Waals surface area contributed by atoms with E-state index in [1.165, 1.54) is 16.7 Å². The predicted octanol–water partition coefficient (Wildman–Crippen LogP) is 3.32. The van der Waals surface area contributed by atoms with Crippen LogP contribution in [0.5, 0.6) is 0 Å². The summed E-state index contributed by atoms with van der Waals surface area (Å²) in [7, 11) is 2.07. The zero-order valence-electron chi connectivity index (χ0n) is 12.1. The van der Waals surface area contributed by atoms with Crippen LogP contribution in [0.1, 0.15) is 16.7 Å². The summed E-state index contributed by atoms with van der Waals surface area (Å²) in [6.45, 7) is 4.82. The molecule has 3 nitrogen and oxygen atoms in total. The van der Waals surface area contributed by atoms with Gasteiger partial charge in [0, 0.05) is 19.2 Å². The minimum atomic E-state index is 0.555. The average molecular weight is 265 g/mol. The number of hydrogen-bond acceptors (Lipinski definition) is 2. The van der Waals surface area contributed by atoms with E-state index in [1.54, 1.807) is 0 Å². The molecule has 3 aromatic rings. The first-order chi connectivity index (χ1) is 9.61. The van der Waals surface area contributed by atoms with Gasteiger partial charge < -0.3 is 10.3 Å². The lowest BCUT2D eigenvalue weighted by Gasteiger charge is -2.09. The summed E-state index contributed by atoms with van der Waals surface area (Å²) >= 11 is 0. The van der Waals surface area contributed by atoms with E-state index in [0.717, 1.165) is 22.4 Å². The fourth-order valence-corrected chi connectivity index (χ4v) is 2.75. The average Bonchev–Trinajstić information content (AvgIpc) is 2.76. The Balaban J connectivity index is 2.30. The van der Waals surface area contributed by atoms with Gasteiger partial charge in [0.05, 0.1) is 11.0 Å². The van der Waals surface area contributed by atoms with Crippen molar-refractivity contribution in [2.24, 2.45) is 12.8 Å². The molecule has 102 valence electrons. The number of nitrogens with two attached hydrogens (primary N) is 1. The number of aromatic nitrogens is 2. The molecule has 0 spiro atoms. The lowest BCUT2D eigenvalue weighted by Crippen LogP contribution is -1.98. The summed E-state index contributed by atoms with van der Waals surface area (Å²) in [5, 5.41) is 0. The maximum atomic E-state index is 5.73. The molecular formula is C17H19N3. The van der Waals surface area contributed by atoms with E-state index in [0.29, 0.717) is 6.54 Å². The number of rotatable bonds is 2. The molecule has 1 heterocycles. The van der Waals surface area contributed by atoms with Crippen LogP contribution < -0.4 is 5.73 Å². The highest BCUT2D eigenvalue weighted by Gasteiger charge is 2.13. The van der Waals surface area contributed by atoms with Crippen LogP contribution >= 0.6 is 0 Å². The van der Waals surface area contributed by atoms with Crippen molar-refractivity contribution >= 4 is 11.0 Å². The smallest absolute Gasteiger partial charge is 0.141 e. The second-order valence-electron chi connectivity index (χ2n) is 5.29. The lowest BCUT2D eigenvalue weighted by atomic mass is 10.0. The molecule has 0 unspecified atom stereocenters. The third kappa shape index (κ3) is 1.91. The molecular weight excluding hydrogens is 246 g/mol. The van der Waals surface area contributed by atoms with Crippen molar-refractivity contribution in [1.29, 1.82) is 0 Å². The van der Waals surface area contributed by atoms with Crippen molar-refractivity contribution in [3.63, 3.8) is 0 Å². The quantitative estimate of drug-likeness (QED) is 0.772. The number of imidazole rings is 1. The Bertz CT molecular complexity index is 764. The van der Waals surface area contributed by atoms with Crippen LogP contribution in [-0.4, -0.2) is 9.55 Å². The second-order valence-corrected chi connectivity index (χ2v) is 5.29. The van der Waals surface area contributed by atoms with Crippen LogP contribution in [0.25, 0.3) is 22.4 Å². The monoisotopic (exact) mass is 265 g/mol. The van der Waals surface area contributed by atoms with E-state index in [2.05, 4.69) is 55.8 Å². The summed E-state index contributed by atoms with van der Waals surface area (Å²) in [6.07, 6.45) is 0. The molecule has 0 amide bonds. The molecule has 2 N–H and O–H groups in total. The standard InChI is InChI=1S/C17H19N3/c1-11-5-4-6-12(2)16(11)17-19-14-8-7-13(10-18)9-15(14)20(17)3/h4-9H,10,18H2,1-3H3. The molecule has 0 aliphatic heterocycles. The Kier molecular flexibility index (Phi) is 3.07. The second kappa shape index (κ2) is 4.76. The molecule has 0 fully saturated rings. The van der Waals surface area contributed by atoms with Crippen LogP contribution in [0.4, 0.5) is 0 Å². The van der Waals surface area contributed by atoms with Crippen molar-refractivity contribution in [3.8, 4) is 11.4 Å². The normalized spacial score (nSPS) is 11.2. The Hall–Kier alpha value is -2.13. The molecule has 0 radical (unpaired) electrons. The van der Waals surface area contributed by atoms with Crippen LogP contribution in [0.15, 0.2) is 36.4 Å². The number of benzene rings is 2. The van der Waals surface area contributed by atoms with Gasteiger partial charge in [0.1, 0.15) is 5.82 Å². The first-order valence-corrected chi connectivity index (χ1v) is 6.84. The van der Waals surface area contributed by atoms with Crippen molar-refractivity contribution in [1.82, 2.24) is 9.55 Å². The molecule has 3 rings (SSSR count). The SMILES string of the molecule is Cc1cccc(C)c1-c1nc2ccc(CN)cc2n1C. The minimum Gasteiger partial charge on any atom is -0.327 e.